The van der Waals surface area contributed by atoms with Gasteiger partial charge in [-0.25, -0.2) is 0 Å². The van der Waals surface area contributed by atoms with Crippen molar-refractivity contribution in [3.63, 3.8) is 0 Å². The molecule has 1 saturated heterocycles. The number of nitrogens with one attached hydrogen (secondary N) is 2. The normalized spacial score (nSPS) is 18.6. The van der Waals surface area contributed by atoms with E-state index in [4.69, 9.17) is 0 Å². The third kappa shape index (κ3) is 6.09. The van der Waals surface area contributed by atoms with Gasteiger partial charge in [0.2, 0.25) is 11.8 Å². The first-order valence-corrected chi connectivity index (χ1v) is 7.07. The van der Waals surface area contributed by atoms with Crippen molar-refractivity contribution in [1.29, 1.82) is 0 Å². The van der Waals surface area contributed by atoms with Crippen LogP contribution in [0.1, 0.15) is 40.0 Å². The smallest absolute Gasteiger partial charge is 0.242 e. The molecule has 1 fully saturated rings. The van der Waals surface area contributed by atoms with E-state index in [2.05, 4.69) is 10.6 Å². The molecule has 0 aromatic carbocycles. The van der Waals surface area contributed by atoms with Crippen molar-refractivity contribution in [2.45, 2.75) is 46.1 Å². The topological polar surface area (TPSA) is 61.4 Å². The largest absolute Gasteiger partial charge is 0.353 e. The molecule has 1 heterocycles. The maximum atomic E-state index is 12.2. The lowest BCUT2D eigenvalue weighted by Crippen LogP contribution is -2.47. The minimum Gasteiger partial charge on any atom is -0.353 e. The van der Waals surface area contributed by atoms with Gasteiger partial charge >= 0.3 is 0 Å². The van der Waals surface area contributed by atoms with E-state index in [9.17, 15) is 9.59 Å². The molecule has 0 bridgehead atoms. The van der Waals surface area contributed by atoms with Gasteiger partial charge in [-0.3, -0.25) is 9.59 Å². The highest BCUT2D eigenvalue weighted by molar-refractivity contribution is 5.88. The van der Waals surface area contributed by atoms with Crippen LogP contribution in [-0.4, -0.2) is 49.4 Å². The Kier molecular flexibility index (Phi) is 8.13. The maximum absolute atomic E-state index is 12.2. The molecule has 2 amide bonds. The van der Waals surface area contributed by atoms with Crippen LogP contribution >= 0.6 is 12.4 Å². The molecule has 0 radical (unpaired) electrons. The van der Waals surface area contributed by atoms with E-state index in [1.165, 1.54) is 0 Å². The van der Waals surface area contributed by atoms with Gasteiger partial charge in [0.25, 0.3) is 0 Å². The van der Waals surface area contributed by atoms with Crippen LogP contribution in [0.3, 0.4) is 0 Å². The summed E-state index contributed by atoms with van der Waals surface area (Å²) in [5, 5.41) is 5.86. The zero-order chi connectivity index (χ0) is 14.5. The Morgan fingerprint density at radius 1 is 1.25 bits per heavy atom. The summed E-state index contributed by atoms with van der Waals surface area (Å²) < 4.78 is 0. The summed E-state index contributed by atoms with van der Waals surface area (Å²) >= 11 is 0. The predicted octanol–water partition coefficient (Wildman–Crippen LogP) is 1.17. The number of hydrogen-bond donors (Lipinski definition) is 2. The van der Waals surface area contributed by atoms with Crippen molar-refractivity contribution in [2.75, 3.05) is 26.7 Å². The highest BCUT2D eigenvalue weighted by Crippen LogP contribution is 2.24. The Hall–Kier alpha value is -0.810. The Morgan fingerprint density at radius 2 is 1.90 bits per heavy atom. The summed E-state index contributed by atoms with van der Waals surface area (Å²) in [6, 6.07) is -0.272. The Balaban J connectivity index is 0.00000361. The number of likely N-dealkylation sites (tertiary alicyclic amines) is 1. The van der Waals surface area contributed by atoms with E-state index in [1.54, 1.807) is 4.90 Å². The van der Waals surface area contributed by atoms with E-state index >= 15 is 0 Å². The molecular formula is C14H28ClN3O2. The molecule has 0 aliphatic carbocycles. The van der Waals surface area contributed by atoms with Crippen molar-refractivity contribution in [3.05, 3.63) is 0 Å². The Labute approximate surface area is 128 Å². The summed E-state index contributed by atoms with van der Waals surface area (Å²) in [5.41, 5.74) is -0.0349. The maximum Gasteiger partial charge on any atom is 0.242 e. The first-order chi connectivity index (χ1) is 8.85. The lowest BCUT2D eigenvalue weighted by molar-refractivity contribution is -0.139. The van der Waals surface area contributed by atoms with E-state index in [0.29, 0.717) is 19.5 Å². The molecule has 6 heteroatoms. The van der Waals surface area contributed by atoms with Crippen molar-refractivity contribution in [3.8, 4) is 0 Å². The molecule has 1 atom stereocenters. The Bertz CT molecular complexity index is 329. The summed E-state index contributed by atoms with van der Waals surface area (Å²) in [6.45, 7) is 8.19. The average Bonchev–Trinajstić information content (AvgIpc) is 2.75. The molecule has 5 nitrogen and oxygen atoms in total. The summed E-state index contributed by atoms with van der Waals surface area (Å²) in [6.07, 6.45) is 2.19. The standard InChI is InChI=1S/C14H27N3O2.ClH/c1-14(2,3)10-12(18)17-9-5-6-11(17)13(19)16-8-7-15-4;/h11,15H,5-10H2,1-4H3,(H,16,19);1H. The first kappa shape index (κ1) is 19.2. The number of nitrogens with zero attached hydrogens (tertiary/aromatic N) is 1. The average molecular weight is 306 g/mol. The molecule has 1 rings (SSSR count). The van der Waals surface area contributed by atoms with E-state index in [0.717, 1.165) is 19.4 Å². The van der Waals surface area contributed by atoms with Crippen molar-refractivity contribution in [2.24, 2.45) is 5.41 Å². The van der Waals surface area contributed by atoms with Gasteiger partial charge in [-0.05, 0) is 25.3 Å². The Morgan fingerprint density at radius 3 is 2.45 bits per heavy atom. The summed E-state index contributed by atoms with van der Waals surface area (Å²) in [4.78, 5) is 26.1. The SMILES string of the molecule is CNCCNC(=O)C1CCCN1C(=O)CC(C)(C)C.Cl. The minimum atomic E-state index is -0.272. The van der Waals surface area contributed by atoms with Crippen LogP contribution in [0.2, 0.25) is 0 Å². The fourth-order valence-corrected chi connectivity index (χ4v) is 2.32. The number of carbonyl (C=O) groups is 2. The summed E-state index contributed by atoms with van der Waals surface area (Å²) in [7, 11) is 1.85. The summed E-state index contributed by atoms with van der Waals surface area (Å²) in [5.74, 6) is 0.0776. The first-order valence-electron chi connectivity index (χ1n) is 7.07. The molecule has 0 spiro atoms. The van der Waals surface area contributed by atoms with Crippen molar-refractivity contribution < 1.29 is 9.59 Å². The van der Waals surface area contributed by atoms with Crippen molar-refractivity contribution >= 4 is 24.2 Å². The quantitative estimate of drug-likeness (QED) is 0.750. The number of halogens is 1. The third-order valence-electron chi connectivity index (χ3n) is 3.23. The molecule has 118 valence electrons. The minimum absolute atomic E-state index is 0. The third-order valence-corrected chi connectivity index (χ3v) is 3.23. The van der Waals surface area contributed by atoms with Crippen LogP contribution in [0.5, 0.6) is 0 Å². The molecule has 1 aliphatic rings. The molecular weight excluding hydrogens is 278 g/mol. The van der Waals surface area contributed by atoms with Gasteiger partial charge in [0.15, 0.2) is 0 Å². The van der Waals surface area contributed by atoms with Crippen molar-refractivity contribution in [1.82, 2.24) is 15.5 Å². The second kappa shape index (κ2) is 8.47. The van der Waals surface area contributed by atoms with Crippen LogP contribution in [0.15, 0.2) is 0 Å². The van der Waals surface area contributed by atoms with Gasteiger partial charge in [0, 0.05) is 26.1 Å². The van der Waals surface area contributed by atoms with Crippen LogP contribution in [-0.2, 0) is 9.59 Å². The van der Waals surface area contributed by atoms with E-state index in [1.807, 2.05) is 27.8 Å². The number of hydrogen-bond acceptors (Lipinski definition) is 3. The van der Waals surface area contributed by atoms with E-state index < -0.39 is 0 Å². The predicted molar refractivity (Wildman–Crippen MR) is 83.0 cm³/mol. The van der Waals surface area contributed by atoms with Gasteiger partial charge in [-0.15, -0.1) is 12.4 Å². The van der Waals surface area contributed by atoms with Gasteiger partial charge < -0.3 is 15.5 Å². The molecule has 1 unspecified atom stereocenters. The van der Waals surface area contributed by atoms with Crippen LogP contribution in [0.25, 0.3) is 0 Å². The molecule has 1 aliphatic heterocycles. The molecule has 20 heavy (non-hydrogen) atoms. The highest BCUT2D eigenvalue weighted by Gasteiger charge is 2.34. The zero-order valence-electron chi connectivity index (χ0n) is 13.0. The number of likely N-dealkylation sites (N-methyl/N-ethyl adjacent to an activating group) is 1. The van der Waals surface area contributed by atoms with Gasteiger partial charge in [-0.2, -0.15) is 0 Å². The highest BCUT2D eigenvalue weighted by atomic mass is 35.5. The van der Waals surface area contributed by atoms with Gasteiger partial charge in [0.05, 0.1) is 0 Å². The molecule has 0 saturated carbocycles. The monoisotopic (exact) mass is 305 g/mol. The van der Waals surface area contributed by atoms with E-state index in [-0.39, 0.29) is 35.7 Å². The molecule has 0 aromatic heterocycles. The van der Waals surface area contributed by atoms with Gasteiger partial charge in [0.1, 0.15) is 6.04 Å². The fraction of sp³-hybridized carbons (Fsp3) is 0.857. The zero-order valence-corrected chi connectivity index (χ0v) is 13.8. The number of rotatable bonds is 5. The number of amides is 2. The van der Waals surface area contributed by atoms with Crippen LogP contribution in [0, 0.1) is 5.41 Å². The van der Waals surface area contributed by atoms with Gasteiger partial charge in [-0.1, -0.05) is 20.8 Å². The second-order valence-corrected chi connectivity index (χ2v) is 6.38. The molecule has 2 N–H and O–H groups in total. The second-order valence-electron chi connectivity index (χ2n) is 6.38. The lowest BCUT2D eigenvalue weighted by atomic mass is 9.91. The fourth-order valence-electron chi connectivity index (χ4n) is 2.32. The lowest BCUT2D eigenvalue weighted by Gasteiger charge is -2.27. The molecule has 0 aromatic rings. The van der Waals surface area contributed by atoms with Crippen LogP contribution < -0.4 is 10.6 Å². The van der Waals surface area contributed by atoms with Crippen LogP contribution in [0.4, 0.5) is 0 Å². The number of carbonyl (C=O) groups excluding carboxylic acids is 2.